The van der Waals surface area contributed by atoms with E-state index in [1.165, 1.54) is 23.4 Å². The molecule has 0 aliphatic carbocycles. The van der Waals surface area contributed by atoms with Crippen molar-refractivity contribution in [2.24, 2.45) is 0 Å². The van der Waals surface area contributed by atoms with Gasteiger partial charge in [0, 0.05) is 116 Å². The molecule has 4 saturated heterocycles. The number of aromatic nitrogens is 3. The van der Waals surface area contributed by atoms with Crippen LogP contribution in [-0.2, 0) is 20.6 Å². The molecule has 1 unspecified atom stereocenters. The van der Waals surface area contributed by atoms with Crippen molar-refractivity contribution in [2.75, 3.05) is 93.2 Å². The van der Waals surface area contributed by atoms with Gasteiger partial charge in [-0.05, 0) is 117 Å². The fraction of sp³-hybridized carbons (Fsp3) is 0.460. The lowest BCUT2D eigenvalue weighted by Gasteiger charge is -2.46. The molecule has 5 aromatic rings. The van der Waals surface area contributed by atoms with Crippen LogP contribution in [0.5, 0.6) is 5.75 Å². The second-order valence-corrected chi connectivity index (χ2v) is 22.8. The Kier molecular flexibility index (Phi) is 14.1. The number of imide groups is 1. The zero-order chi connectivity index (χ0) is 47.9. The van der Waals surface area contributed by atoms with Gasteiger partial charge >= 0.3 is 0 Å². The number of methoxy groups -OCH3 is 1. The summed E-state index contributed by atoms with van der Waals surface area (Å²) in [7, 11) is -1.06. The molecule has 4 fully saturated rings. The zero-order valence-corrected chi connectivity index (χ0v) is 41.9. The number of piperidine rings is 3. The number of benzene rings is 3. The summed E-state index contributed by atoms with van der Waals surface area (Å²) in [5.41, 5.74) is 5.78. The van der Waals surface area contributed by atoms with Gasteiger partial charge < -0.3 is 29.7 Å². The highest BCUT2D eigenvalue weighted by molar-refractivity contribution is 9.10. The molecule has 0 saturated carbocycles. The third kappa shape index (κ3) is 10.1. The standard InChI is InChI=1S/C50H60BrF2N10O4P/c1-6-31-25-42(57-50-54-29-37(51)48(59-50)56-41-11-10-40-35(8-7-30(2)55-40)47(41)68(4,5)66)44(67-3)28-43(31)63-19-15-33(16-20-63)62-23-21-61(22-24-62)32-13-17-60(18-14-32)34-26-38(52)46(39(53)27-34)36-9-12-45(64)58-49(36)65/h7-8,10-11,25-29,32-33,36H,6,9,12-24H2,1-5H3,(H,58,64,65)(H2,54,56,57,59). The fourth-order valence-corrected chi connectivity index (χ4v) is 12.4. The summed E-state index contributed by atoms with van der Waals surface area (Å²) in [6.45, 7) is 15.0. The van der Waals surface area contributed by atoms with Gasteiger partial charge in [0.25, 0.3) is 0 Å². The van der Waals surface area contributed by atoms with Crippen molar-refractivity contribution in [3.8, 4) is 5.75 Å². The Bertz CT molecular complexity index is 2750. The van der Waals surface area contributed by atoms with Crippen LogP contribution in [0.15, 0.2) is 59.2 Å². The molecular formula is C50H60BrF2N10O4P. The lowest BCUT2D eigenvalue weighted by atomic mass is 9.89. The molecule has 1 atom stereocenters. The molecule has 6 heterocycles. The van der Waals surface area contributed by atoms with E-state index in [2.05, 4.69) is 75.6 Å². The fourth-order valence-electron chi connectivity index (χ4n) is 10.7. The molecule has 14 nitrogen and oxygen atoms in total. The predicted molar refractivity (Wildman–Crippen MR) is 269 cm³/mol. The third-order valence-corrected chi connectivity index (χ3v) is 16.4. The number of pyridine rings is 1. The van der Waals surface area contributed by atoms with Gasteiger partial charge in [-0.2, -0.15) is 4.98 Å². The number of fused-ring (bicyclic) bond motifs is 1. The first kappa shape index (κ1) is 47.8. The highest BCUT2D eigenvalue weighted by atomic mass is 79.9. The molecule has 2 aromatic heterocycles. The lowest BCUT2D eigenvalue weighted by molar-refractivity contribution is -0.134. The van der Waals surface area contributed by atoms with Crippen LogP contribution in [0.2, 0.25) is 0 Å². The maximum absolute atomic E-state index is 15.3. The monoisotopic (exact) mass is 1010 g/mol. The third-order valence-electron chi connectivity index (χ3n) is 14.2. The molecule has 4 aliphatic rings. The number of aryl methyl sites for hydroxylation is 2. The SMILES string of the molecule is CCc1cc(Nc2ncc(Br)c(Nc3ccc4nc(C)ccc4c3P(C)(C)=O)n2)c(OC)cc1N1CCC(N2CCN(C3CCN(c4cc(F)c(C5CCC(=O)NC5=O)c(F)c4)CC3)CC2)CC1. The minimum absolute atomic E-state index is 0.0655. The van der Waals surface area contributed by atoms with Crippen LogP contribution >= 0.6 is 23.1 Å². The summed E-state index contributed by atoms with van der Waals surface area (Å²) >= 11 is 3.62. The molecule has 0 spiro atoms. The number of rotatable bonds is 12. The minimum Gasteiger partial charge on any atom is -0.494 e. The Labute approximate surface area is 405 Å². The average Bonchev–Trinajstić information content (AvgIpc) is 3.32. The Morgan fingerprint density at radius 2 is 1.47 bits per heavy atom. The van der Waals surface area contributed by atoms with E-state index in [0.717, 1.165) is 99.0 Å². The van der Waals surface area contributed by atoms with Crippen molar-refractivity contribution in [1.29, 1.82) is 0 Å². The number of anilines is 6. The first-order chi connectivity index (χ1) is 32.7. The van der Waals surface area contributed by atoms with Crippen LogP contribution < -0.4 is 35.8 Å². The maximum atomic E-state index is 15.3. The van der Waals surface area contributed by atoms with E-state index >= 15 is 8.78 Å². The van der Waals surface area contributed by atoms with Gasteiger partial charge in [0.2, 0.25) is 17.8 Å². The minimum atomic E-state index is -2.74. The van der Waals surface area contributed by atoms with Crippen molar-refractivity contribution in [3.05, 3.63) is 87.7 Å². The lowest BCUT2D eigenvalue weighted by Crippen LogP contribution is -2.56. The number of amides is 2. The van der Waals surface area contributed by atoms with E-state index in [1.54, 1.807) is 26.6 Å². The van der Waals surface area contributed by atoms with E-state index in [4.69, 9.17) is 9.72 Å². The first-order valence-electron chi connectivity index (χ1n) is 23.7. The summed E-state index contributed by atoms with van der Waals surface area (Å²) in [4.78, 5) is 47.8. The quantitative estimate of drug-likeness (QED) is 0.0812. The number of ether oxygens (including phenoxy) is 1. The van der Waals surface area contributed by atoms with Crippen LogP contribution in [0.4, 0.5) is 43.3 Å². The Hall–Kier alpha value is -5.22. The molecule has 2 amide bonds. The van der Waals surface area contributed by atoms with Crippen LogP contribution in [0, 0.1) is 18.6 Å². The highest BCUT2D eigenvalue weighted by Crippen LogP contribution is 2.43. The van der Waals surface area contributed by atoms with E-state index in [-0.39, 0.29) is 18.4 Å². The van der Waals surface area contributed by atoms with E-state index in [1.807, 2.05) is 36.1 Å². The van der Waals surface area contributed by atoms with Crippen LogP contribution in [0.3, 0.4) is 0 Å². The van der Waals surface area contributed by atoms with Gasteiger partial charge in [0.05, 0.1) is 34.4 Å². The number of carbonyl (C=O) groups excluding carboxylic acids is 2. The Morgan fingerprint density at radius 1 is 0.824 bits per heavy atom. The molecular weight excluding hydrogens is 953 g/mol. The van der Waals surface area contributed by atoms with Gasteiger partial charge in [-0.25, -0.2) is 13.8 Å². The van der Waals surface area contributed by atoms with Crippen LogP contribution in [-0.4, -0.2) is 121 Å². The summed E-state index contributed by atoms with van der Waals surface area (Å²) in [6, 6.07) is 15.7. The smallest absolute Gasteiger partial charge is 0.234 e. The second-order valence-electron chi connectivity index (χ2n) is 18.8. The Morgan fingerprint density at radius 3 is 2.07 bits per heavy atom. The number of nitrogens with zero attached hydrogens (tertiary/aromatic N) is 7. The van der Waals surface area contributed by atoms with Crippen molar-refractivity contribution in [3.63, 3.8) is 0 Å². The average molecular weight is 1010 g/mol. The molecule has 3 N–H and O–H groups in total. The van der Waals surface area contributed by atoms with Gasteiger partial charge in [0.15, 0.2) is 0 Å². The molecule has 18 heteroatoms. The molecule has 3 aromatic carbocycles. The number of carbonyl (C=O) groups is 2. The highest BCUT2D eigenvalue weighted by Gasteiger charge is 2.35. The summed E-state index contributed by atoms with van der Waals surface area (Å²) in [6.07, 6.45) is 6.67. The van der Waals surface area contributed by atoms with Crippen molar-refractivity contribution >= 4 is 85.6 Å². The summed E-state index contributed by atoms with van der Waals surface area (Å²) < 4.78 is 50.9. The number of piperazine rings is 1. The number of halogens is 3. The largest absolute Gasteiger partial charge is 0.494 e. The Balaban J connectivity index is 0.788. The number of hydrogen-bond acceptors (Lipinski definition) is 13. The topological polar surface area (TPSA) is 148 Å². The molecule has 68 heavy (non-hydrogen) atoms. The van der Waals surface area contributed by atoms with Crippen LogP contribution in [0.1, 0.15) is 68.2 Å². The first-order valence-corrected chi connectivity index (χ1v) is 27.1. The van der Waals surface area contributed by atoms with Gasteiger partial charge in [0.1, 0.15) is 30.3 Å². The van der Waals surface area contributed by atoms with Crippen LogP contribution in [0.25, 0.3) is 10.9 Å². The summed E-state index contributed by atoms with van der Waals surface area (Å²) in [5, 5.41) is 10.6. The van der Waals surface area contributed by atoms with Crippen molar-refractivity contribution in [1.82, 2.24) is 30.1 Å². The number of hydrogen-bond donors (Lipinski definition) is 3. The molecule has 0 radical (unpaired) electrons. The molecule has 4 aliphatic heterocycles. The van der Waals surface area contributed by atoms with Gasteiger partial charge in [-0.1, -0.05) is 13.0 Å². The second kappa shape index (κ2) is 20.0. The van der Waals surface area contributed by atoms with Gasteiger partial charge in [-0.3, -0.25) is 29.7 Å². The molecule has 9 rings (SSSR count). The van der Waals surface area contributed by atoms with E-state index < -0.39 is 36.5 Å². The van der Waals surface area contributed by atoms with Crippen molar-refractivity contribution < 1.29 is 27.7 Å². The van der Waals surface area contributed by atoms with E-state index in [0.29, 0.717) is 58.5 Å². The molecule has 0 bridgehead atoms. The molecule has 360 valence electrons. The zero-order valence-electron chi connectivity index (χ0n) is 39.4. The van der Waals surface area contributed by atoms with Gasteiger partial charge in [-0.15, -0.1) is 0 Å². The normalized spacial score (nSPS) is 19.4. The summed E-state index contributed by atoms with van der Waals surface area (Å²) in [5.74, 6) is -1.92. The van der Waals surface area contributed by atoms with E-state index in [9.17, 15) is 14.2 Å². The number of nitrogens with one attached hydrogen (secondary N) is 3. The maximum Gasteiger partial charge on any atom is 0.234 e. The van der Waals surface area contributed by atoms with Crippen molar-refractivity contribution in [2.45, 2.75) is 76.8 Å². The predicted octanol–water partition coefficient (Wildman–Crippen LogP) is 8.46.